The van der Waals surface area contributed by atoms with E-state index >= 15 is 0 Å². The zero-order valence-corrected chi connectivity index (χ0v) is 13.8. The van der Waals surface area contributed by atoms with Crippen molar-refractivity contribution in [2.24, 2.45) is 4.99 Å². The molecule has 0 bridgehead atoms. The highest BCUT2D eigenvalue weighted by atomic mass is 32.2. The van der Waals surface area contributed by atoms with Gasteiger partial charge in [-0.2, -0.15) is 11.8 Å². The molecule has 3 nitrogen and oxygen atoms in total. The first-order valence-corrected chi connectivity index (χ1v) is 9.04. The molecule has 2 aromatic rings. The largest absolute Gasteiger partial charge is 0.353 e. The number of nitrogens with zero attached hydrogens (tertiary/aromatic N) is 1. The maximum Gasteiger partial charge on any atom is 0.191 e. The van der Waals surface area contributed by atoms with Gasteiger partial charge in [0.15, 0.2) is 5.96 Å². The minimum atomic E-state index is 0.539. The lowest BCUT2D eigenvalue weighted by atomic mass is 10.0. The summed E-state index contributed by atoms with van der Waals surface area (Å²) in [7, 11) is 1.84. The van der Waals surface area contributed by atoms with Gasteiger partial charge in [0.2, 0.25) is 0 Å². The minimum Gasteiger partial charge on any atom is -0.353 e. The summed E-state index contributed by atoms with van der Waals surface area (Å²) in [5.74, 6) is 3.37. The predicted molar refractivity (Wildman–Crippen MR) is 97.6 cm³/mol. The summed E-state index contributed by atoms with van der Waals surface area (Å²) in [6.45, 7) is 0.793. The Morgan fingerprint density at radius 3 is 2.91 bits per heavy atom. The van der Waals surface area contributed by atoms with Crippen LogP contribution in [0.1, 0.15) is 18.4 Å². The van der Waals surface area contributed by atoms with Crippen molar-refractivity contribution in [2.75, 3.05) is 18.6 Å². The van der Waals surface area contributed by atoms with Gasteiger partial charge in [0.05, 0.1) is 0 Å². The van der Waals surface area contributed by atoms with Crippen molar-refractivity contribution in [1.82, 2.24) is 10.6 Å². The monoisotopic (exact) mass is 313 g/mol. The van der Waals surface area contributed by atoms with Crippen molar-refractivity contribution in [3.05, 3.63) is 48.0 Å². The van der Waals surface area contributed by atoms with Gasteiger partial charge in [-0.3, -0.25) is 4.99 Å². The molecule has 0 amide bonds. The van der Waals surface area contributed by atoms with Gasteiger partial charge in [-0.25, -0.2) is 0 Å². The van der Waals surface area contributed by atoms with Crippen LogP contribution in [-0.2, 0) is 6.54 Å². The van der Waals surface area contributed by atoms with Crippen LogP contribution in [0.5, 0.6) is 0 Å². The molecule has 0 saturated carbocycles. The molecule has 1 aliphatic heterocycles. The zero-order valence-electron chi connectivity index (χ0n) is 13.0. The lowest BCUT2D eigenvalue weighted by Gasteiger charge is -2.24. The number of guanidine groups is 1. The fraction of sp³-hybridized carbons (Fsp3) is 0.389. The Balaban J connectivity index is 1.64. The first kappa shape index (κ1) is 15.2. The summed E-state index contributed by atoms with van der Waals surface area (Å²) in [5.41, 5.74) is 1.30. The molecule has 22 heavy (non-hydrogen) atoms. The highest BCUT2D eigenvalue weighted by Gasteiger charge is 2.14. The molecule has 2 aromatic carbocycles. The average molecular weight is 313 g/mol. The van der Waals surface area contributed by atoms with Crippen LogP contribution in [0, 0.1) is 0 Å². The zero-order chi connectivity index (χ0) is 15.2. The van der Waals surface area contributed by atoms with E-state index in [4.69, 9.17) is 0 Å². The first-order valence-electron chi connectivity index (χ1n) is 7.88. The fourth-order valence-electron chi connectivity index (χ4n) is 2.87. The maximum atomic E-state index is 4.36. The van der Waals surface area contributed by atoms with Gasteiger partial charge in [-0.15, -0.1) is 0 Å². The van der Waals surface area contributed by atoms with Crippen LogP contribution in [0.2, 0.25) is 0 Å². The standard InChI is InChI=1S/C18H23N3S/c1-19-18(21-16-9-5-11-22-13-16)20-12-15-8-4-7-14-6-2-3-10-17(14)15/h2-4,6-8,10,16H,5,9,11-13H2,1H3,(H2,19,20,21). The summed E-state index contributed by atoms with van der Waals surface area (Å²) in [6.07, 6.45) is 2.53. The van der Waals surface area contributed by atoms with Crippen molar-refractivity contribution >= 4 is 28.5 Å². The summed E-state index contributed by atoms with van der Waals surface area (Å²) in [6, 6.07) is 15.5. The molecule has 1 unspecified atom stereocenters. The van der Waals surface area contributed by atoms with Crippen molar-refractivity contribution < 1.29 is 0 Å². The van der Waals surface area contributed by atoms with E-state index in [0.717, 1.165) is 12.5 Å². The highest BCUT2D eigenvalue weighted by molar-refractivity contribution is 7.99. The fourth-order valence-corrected chi connectivity index (χ4v) is 3.94. The van der Waals surface area contributed by atoms with Crippen LogP contribution in [0.15, 0.2) is 47.5 Å². The van der Waals surface area contributed by atoms with Crippen LogP contribution in [-0.4, -0.2) is 30.6 Å². The lowest BCUT2D eigenvalue weighted by molar-refractivity contribution is 0.582. The summed E-state index contributed by atoms with van der Waals surface area (Å²) in [4.78, 5) is 4.36. The Hall–Kier alpha value is -1.68. The second kappa shape index (κ2) is 7.54. The van der Waals surface area contributed by atoms with E-state index in [1.165, 1.54) is 40.7 Å². The number of fused-ring (bicyclic) bond motifs is 1. The summed E-state index contributed by atoms with van der Waals surface area (Å²) < 4.78 is 0. The number of thioether (sulfide) groups is 1. The average Bonchev–Trinajstić information content (AvgIpc) is 2.59. The van der Waals surface area contributed by atoms with Crippen molar-refractivity contribution in [3.8, 4) is 0 Å². The Morgan fingerprint density at radius 2 is 2.09 bits per heavy atom. The Morgan fingerprint density at radius 1 is 1.23 bits per heavy atom. The van der Waals surface area contributed by atoms with Gasteiger partial charge in [0.25, 0.3) is 0 Å². The second-order valence-corrected chi connectivity index (χ2v) is 6.77. The number of rotatable bonds is 3. The topological polar surface area (TPSA) is 36.4 Å². The molecule has 116 valence electrons. The minimum absolute atomic E-state index is 0.539. The number of hydrogen-bond donors (Lipinski definition) is 2. The van der Waals surface area contributed by atoms with Gasteiger partial charge in [0, 0.05) is 25.4 Å². The van der Waals surface area contributed by atoms with Gasteiger partial charge < -0.3 is 10.6 Å². The molecule has 1 aliphatic rings. The molecular weight excluding hydrogens is 290 g/mol. The Bertz CT molecular complexity index is 642. The molecule has 0 aliphatic carbocycles. The molecule has 4 heteroatoms. The first-order chi connectivity index (χ1) is 10.9. The summed E-state index contributed by atoms with van der Waals surface area (Å²) >= 11 is 2.03. The molecule has 1 fully saturated rings. The van der Waals surface area contributed by atoms with E-state index in [2.05, 4.69) is 58.1 Å². The van der Waals surface area contributed by atoms with Crippen LogP contribution in [0.25, 0.3) is 10.8 Å². The van der Waals surface area contributed by atoms with Crippen LogP contribution >= 0.6 is 11.8 Å². The highest BCUT2D eigenvalue weighted by Crippen LogP contribution is 2.19. The van der Waals surface area contributed by atoms with Gasteiger partial charge in [-0.05, 0) is 34.9 Å². The molecule has 1 atom stereocenters. The SMILES string of the molecule is CN=C(NCc1cccc2ccccc12)NC1CCCSC1. The lowest BCUT2D eigenvalue weighted by Crippen LogP contribution is -2.45. The van der Waals surface area contributed by atoms with Crippen LogP contribution in [0.4, 0.5) is 0 Å². The third-order valence-corrected chi connectivity index (χ3v) is 5.27. The van der Waals surface area contributed by atoms with E-state index in [-0.39, 0.29) is 0 Å². The Kier molecular flexibility index (Phi) is 5.22. The van der Waals surface area contributed by atoms with Crippen LogP contribution < -0.4 is 10.6 Å². The van der Waals surface area contributed by atoms with Crippen molar-refractivity contribution in [2.45, 2.75) is 25.4 Å². The smallest absolute Gasteiger partial charge is 0.191 e. The molecule has 0 radical (unpaired) electrons. The van der Waals surface area contributed by atoms with Gasteiger partial charge in [-0.1, -0.05) is 42.5 Å². The van der Waals surface area contributed by atoms with E-state index < -0.39 is 0 Å². The normalized spacial score (nSPS) is 19.1. The molecule has 0 spiro atoms. The van der Waals surface area contributed by atoms with Crippen LogP contribution in [0.3, 0.4) is 0 Å². The molecule has 0 aromatic heterocycles. The maximum absolute atomic E-state index is 4.36. The van der Waals surface area contributed by atoms with E-state index in [9.17, 15) is 0 Å². The molecule has 1 saturated heterocycles. The molecule has 3 rings (SSSR count). The van der Waals surface area contributed by atoms with Gasteiger partial charge >= 0.3 is 0 Å². The van der Waals surface area contributed by atoms with Crippen molar-refractivity contribution in [3.63, 3.8) is 0 Å². The number of aliphatic imine (C=N–C) groups is 1. The second-order valence-electron chi connectivity index (χ2n) is 5.62. The quantitative estimate of drug-likeness (QED) is 0.673. The predicted octanol–water partition coefficient (Wildman–Crippen LogP) is 3.40. The molecule has 1 heterocycles. The van der Waals surface area contributed by atoms with E-state index in [1.54, 1.807) is 0 Å². The number of nitrogens with one attached hydrogen (secondary N) is 2. The molecular formula is C18H23N3S. The van der Waals surface area contributed by atoms with E-state index in [0.29, 0.717) is 6.04 Å². The third-order valence-electron chi connectivity index (χ3n) is 4.05. The Labute approximate surface area is 136 Å². The third kappa shape index (κ3) is 3.74. The van der Waals surface area contributed by atoms with Gasteiger partial charge in [0.1, 0.15) is 0 Å². The number of benzene rings is 2. The molecule has 2 N–H and O–H groups in total. The van der Waals surface area contributed by atoms with E-state index in [1.807, 2.05) is 18.8 Å². The summed E-state index contributed by atoms with van der Waals surface area (Å²) in [5, 5.41) is 9.59. The van der Waals surface area contributed by atoms with Crippen molar-refractivity contribution in [1.29, 1.82) is 0 Å². The number of hydrogen-bond acceptors (Lipinski definition) is 2.